The molecule has 0 unspecified atom stereocenters. The van der Waals surface area contributed by atoms with E-state index in [1.165, 1.54) is 24.3 Å². The van der Waals surface area contributed by atoms with E-state index in [-0.39, 0.29) is 17.1 Å². The summed E-state index contributed by atoms with van der Waals surface area (Å²) >= 11 is 0. The van der Waals surface area contributed by atoms with E-state index in [2.05, 4.69) is 4.74 Å². The van der Waals surface area contributed by atoms with Gasteiger partial charge in [-0.15, -0.1) is 0 Å². The van der Waals surface area contributed by atoms with Crippen molar-refractivity contribution >= 4 is 11.9 Å². The molecule has 2 rings (SSSR count). The van der Waals surface area contributed by atoms with Crippen LogP contribution < -0.4 is 4.74 Å². The average molecular weight is 274 g/mol. The molecule has 2 nitrogen and oxygen atoms in total. The summed E-state index contributed by atoms with van der Waals surface area (Å²) in [4.78, 5) is 12.0. The first-order chi connectivity index (χ1) is 9.66. The zero-order valence-corrected chi connectivity index (χ0v) is 10.5. The molecule has 0 bridgehead atoms. The number of carbonyl (C=O) groups excluding carboxylic acids is 1. The zero-order valence-electron chi connectivity index (χ0n) is 10.5. The highest BCUT2D eigenvalue weighted by Crippen LogP contribution is 2.21. The fourth-order valence-electron chi connectivity index (χ4n) is 1.69. The van der Waals surface area contributed by atoms with E-state index in [1.807, 2.05) is 30.3 Å². The Balaban J connectivity index is 2.19. The molecule has 20 heavy (non-hydrogen) atoms. The van der Waals surface area contributed by atoms with E-state index >= 15 is 0 Å². The normalized spacial score (nSPS) is 10.9. The van der Waals surface area contributed by atoms with Gasteiger partial charge in [0, 0.05) is 0 Å². The molecule has 0 N–H and O–H groups in total. The fraction of sp³-hybridized carbons (Fsp3) is 0.0625. The Kier molecular flexibility index (Phi) is 4.60. The summed E-state index contributed by atoms with van der Waals surface area (Å²) in [5.74, 6) is -0.504. The van der Waals surface area contributed by atoms with Crippen LogP contribution in [-0.2, 0) is 0 Å². The summed E-state index contributed by atoms with van der Waals surface area (Å²) in [5, 5.41) is 0. The van der Waals surface area contributed by atoms with Crippen LogP contribution in [0.1, 0.15) is 15.9 Å². The van der Waals surface area contributed by atoms with E-state index in [4.69, 9.17) is 0 Å². The topological polar surface area (TPSA) is 26.3 Å². The van der Waals surface area contributed by atoms with Crippen LogP contribution in [0.15, 0.2) is 60.7 Å². The first-order valence-corrected chi connectivity index (χ1v) is 5.98. The van der Waals surface area contributed by atoms with Gasteiger partial charge in [0.25, 0.3) is 0 Å². The molecule has 4 heteroatoms. The van der Waals surface area contributed by atoms with Gasteiger partial charge in [0.15, 0.2) is 5.78 Å². The lowest BCUT2D eigenvalue weighted by atomic mass is 10.1. The number of halogens is 2. The lowest BCUT2D eigenvalue weighted by Crippen LogP contribution is -2.06. The molecule has 0 aliphatic heterocycles. The van der Waals surface area contributed by atoms with Crippen LogP contribution in [0, 0.1) is 0 Å². The van der Waals surface area contributed by atoms with Gasteiger partial charge in [0.1, 0.15) is 5.75 Å². The molecule has 102 valence electrons. The van der Waals surface area contributed by atoms with Crippen molar-refractivity contribution < 1.29 is 18.3 Å². The highest BCUT2D eigenvalue weighted by Gasteiger charge is 2.12. The smallest absolute Gasteiger partial charge is 0.387 e. The third kappa shape index (κ3) is 3.75. The van der Waals surface area contributed by atoms with Crippen molar-refractivity contribution in [2.75, 3.05) is 0 Å². The van der Waals surface area contributed by atoms with Crippen LogP contribution in [0.5, 0.6) is 5.75 Å². The van der Waals surface area contributed by atoms with E-state index in [9.17, 15) is 13.6 Å². The van der Waals surface area contributed by atoms with Crippen molar-refractivity contribution in [3.63, 3.8) is 0 Å². The van der Waals surface area contributed by atoms with Crippen molar-refractivity contribution in [1.29, 1.82) is 0 Å². The van der Waals surface area contributed by atoms with Crippen molar-refractivity contribution in [2.24, 2.45) is 0 Å². The van der Waals surface area contributed by atoms with Gasteiger partial charge in [-0.3, -0.25) is 4.79 Å². The third-order valence-corrected chi connectivity index (χ3v) is 2.60. The molecule has 0 aliphatic rings. The van der Waals surface area contributed by atoms with Gasteiger partial charge < -0.3 is 4.74 Å². The summed E-state index contributed by atoms with van der Waals surface area (Å²) in [5.41, 5.74) is 0.966. The average Bonchev–Trinajstić information content (AvgIpc) is 2.46. The Morgan fingerprint density at radius 3 is 2.35 bits per heavy atom. The standard InChI is InChI=1S/C16H12F2O2/c17-16(18)20-15-9-5-4-8-13(15)14(19)11-10-12-6-2-1-3-7-12/h1-11,16H/b11-10+. The molecule has 0 spiro atoms. The van der Waals surface area contributed by atoms with Crippen molar-refractivity contribution in [2.45, 2.75) is 6.61 Å². The number of hydrogen-bond donors (Lipinski definition) is 0. The number of hydrogen-bond acceptors (Lipinski definition) is 2. The van der Waals surface area contributed by atoms with Gasteiger partial charge in [-0.2, -0.15) is 8.78 Å². The number of allylic oxidation sites excluding steroid dienone is 1. The summed E-state index contributed by atoms with van der Waals surface area (Å²) in [6.07, 6.45) is 2.96. The molecule has 2 aromatic rings. The largest absolute Gasteiger partial charge is 0.434 e. The van der Waals surface area contributed by atoms with Gasteiger partial charge >= 0.3 is 6.61 Å². The number of ether oxygens (including phenoxy) is 1. The van der Waals surface area contributed by atoms with E-state index in [0.717, 1.165) is 5.56 Å². The second kappa shape index (κ2) is 6.61. The van der Waals surface area contributed by atoms with Crippen molar-refractivity contribution in [3.05, 3.63) is 71.8 Å². The molecule has 0 heterocycles. The second-order valence-corrected chi connectivity index (χ2v) is 3.98. The first-order valence-electron chi connectivity index (χ1n) is 5.98. The van der Waals surface area contributed by atoms with Crippen LogP contribution in [0.3, 0.4) is 0 Å². The predicted octanol–water partition coefficient (Wildman–Crippen LogP) is 4.18. The van der Waals surface area contributed by atoms with Crippen LogP contribution in [0.4, 0.5) is 8.78 Å². The summed E-state index contributed by atoms with van der Waals surface area (Å²) in [7, 11) is 0. The molecule has 0 saturated carbocycles. The Hall–Kier alpha value is -2.49. The molecule has 0 radical (unpaired) electrons. The van der Waals surface area contributed by atoms with Gasteiger partial charge in [-0.25, -0.2) is 0 Å². The summed E-state index contributed by atoms with van der Waals surface area (Å²) in [6.45, 7) is -2.96. The zero-order chi connectivity index (χ0) is 14.4. The number of carbonyl (C=O) groups is 1. The third-order valence-electron chi connectivity index (χ3n) is 2.60. The minimum Gasteiger partial charge on any atom is -0.434 e. The molecule has 2 aromatic carbocycles. The van der Waals surface area contributed by atoms with E-state index in [0.29, 0.717) is 0 Å². The number of rotatable bonds is 5. The molecule has 0 atom stereocenters. The maximum Gasteiger partial charge on any atom is 0.387 e. The summed E-state index contributed by atoms with van der Waals surface area (Å²) in [6, 6.07) is 15.2. The first kappa shape index (κ1) is 13.9. The molecule has 0 amide bonds. The quantitative estimate of drug-likeness (QED) is 0.603. The van der Waals surface area contributed by atoms with Crippen LogP contribution >= 0.6 is 0 Å². The Morgan fingerprint density at radius 2 is 1.65 bits per heavy atom. The van der Waals surface area contributed by atoms with Gasteiger partial charge in [-0.05, 0) is 23.8 Å². The Morgan fingerprint density at radius 1 is 1.00 bits per heavy atom. The lowest BCUT2D eigenvalue weighted by molar-refractivity contribution is -0.0501. The van der Waals surface area contributed by atoms with E-state index in [1.54, 1.807) is 12.1 Å². The molecule has 0 fully saturated rings. The number of ketones is 1. The van der Waals surface area contributed by atoms with E-state index < -0.39 is 6.61 Å². The fourth-order valence-corrected chi connectivity index (χ4v) is 1.69. The monoisotopic (exact) mass is 274 g/mol. The number of para-hydroxylation sites is 1. The predicted molar refractivity (Wildman–Crippen MR) is 72.9 cm³/mol. The van der Waals surface area contributed by atoms with Crippen LogP contribution in [-0.4, -0.2) is 12.4 Å². The maximum atomic E-state index is 12.3. The van der Waals surface area contributed by atoms with Crippen LogP contribution in [0.2, 0.25) is 0 Å². The highest BCUT2D eigenvalue weighted by molar-refractivity contribution is 6.08. The Bertz CT molecular complexity index is 607. The lowest BCUT2D eigenvalue weighted by Gasteiger charge is -2.07. The Labute approximate surface area is 115 Å². The van der Waals surface area contributed by atoms with Crippen LogP contribution in [0.25, 0.3) is 6.08 Å². The maximum absolute atomic E-state index is 12.3. The van der Waals surface area contributed by atoms with Crippen molar-refractivity contribution in [1.82, 2.24) is 0 Å². The number of alkyl halides is 2. The summed E-state index contributed by atoms with van der Waals surface area (Å²) < 4.78 is 28.9. The van der Waals surface area contributed by atoms with Gasteiger partial charge in [-0.1, -0.05) is 48.5 Å². The van der Waals surface area contributed by atoms with Gasteiger partial charge in [0.05, 0.1) is 5.56 Å². The minimum atomic E-state index is -2.96. The minimum absolute atomic E-state index is 0.111. The van der Waals surface area contributed by atoms with Gasteiger partial charge in [0.2, 0.25) is 0 Å². The molecule has 0 aromatic heterocycles. The van der Waals surface area contributed by atoms with Crippen molar-refractivity contribution in [3.8, 4) is 5.75 Å². The second-order valence-electron chi connectivity index (χ2n) is 3.98. The molecule has 0 saturated heterocycles. The SMILES string of the molecule is O=C(/C=C/c1ccccc1)c1ccccc1OC(F)F. The highest BCUT2D eigenvalue weighted by atomic mass is 19.3. The molecular weight excluding hydrogens is 262 g/mol. The number of benzene rings is 2. The molecule has 0 aliphatic carbocycles. The molecular formula is C16H12F2O2.